The van der Waals surface area contributed by atoms with Crippen LogP contribution >= 0.6 is 11.8 Å². The molecule has 0 amide bonds. The lowest BCUT2D eigenvalue weighted by Gasteiger charge is -2.32. The van der Waals surface area contributed by atoms with Crippen molar-refractivity contribution in [3.05, 3.63) is 94.6 Å². The Morgan fingerprint density at radius 2 is 1.93 bits per heavy atom. The summed E-state index contributed by atoms with van der Waals surface area (Å²) in [5.41, 5.74) is 9.44. The molecule has 30 heavy (non-hydrogen) atoms. The van der Waals surface area contributed by atoms with Gasteiger partial charge in [0.05, 0.1) is 5.69 Å². The van der Waals surface area contributed by atoms with E-state index in [1.807, 2.05) is 31.3 Å². The van der Waals surface area contributed by atoms with Crippen molar-refractivity contribution in [3.63, 3.8) is 0 Å². The number of nitrogens with zero attached hydrogens (tertiary/aromatic N) is 3. The summed E-state index contributed by atoms with van der Waals surface area (Å²) in [5.74, 6) is 7.38. The molecule has 1 aliphatic carbocycles. The highest BCUT2D eigenvalue weighted by Crippen LogP contribution is 2.34. The Morgan fingerprint density at radius 1 is 1.17 bits per heavy atom. The summed E-state index contributed by atoms with van der Waals surface area (Å²) in [4.78, 5) is 7.77. The maximum absolute atomic E-state index is 13.2. The van der Waals surface area contributed by atoms with E-state index >= 15 is 0 Å². The lowest BCUT2D eigenvalue weighted by atomic mass is 10.1. The van der Waals surface area contributed by atoms with Crippen LogP contribution in [0.2, 0.25) is 0 Å². The highest BCUT2D eigenvalue weighted by molar-refractivity contribution is 8.03. The number of fused-ring (bicyclic) bond motifs is 1. The van der Waals surface area contributed by atoms with Crippen LogP contribution in [-0.4, -0.2) is 24.3 Å². The third-order valence-electron chi connectivity index (χ3n) is 4.96. The number of likely N-dealkylation sites (N-methyl/N-ethyl adjacent to an activating group) is 1. The SMILES string of the molecule is CN(CC1=CCCC=C1)C1=N/C(=C(/N)Sc2ccc(F)cc2)N(N)c2ccccc21. The van der Waals surface area contributed by atoms with Gasteiger partial charge in [0, 0.05) is 24.1 Å². The summed E-state index contributed by atoms with van der Waals surface area (Å²) < 4.78 is 13.2. The molecule has 2 aliphatic rings. The van der Waals surface area contributed by atoms with Crippen LogP contribution in [0.5, 0.6) is 0 Å². The van der Waals surface area contributed by atoms with E-state index in [1.54, 1.807) is 12.1 Å². The van der Waals surface area contributed by atoms with Crippen molar-refractivity contribution in [2.75, 3.05) is 18.6 Å². The molecule has 5 nitrogen and oxygen atoms in total. The highest BCUT2D eigenvalue weighted by Gasteiger charge is 2.26. The van der Waals surface area contributed by atoms with Crippen molar-refractivity contribution < 1.29 is 4.39 Å². The van der Waals surface area contributed by atoms with E-state index in [0.29, 0.717) is 10.9 Å². The van der Waals surface area contributed by atoms with Crippen molar-refractivity contribution >= 4 is 23.3 Å². The number of allylic oxidation sites excluding steroid dienone is 2. The number of hydrogen-bond donors (Lipinski definition) is 2. The second-order valence-corrected chi connectivity index (χ2v) is 8.30. The zero-order chi connectivity index (χ0) is 21.1. The molecule has 0 unspecified atom stereocenters. The van der Waals surface area contributed by atoms with Gasteiger partial charge in [-0.3, -0.25) is 5.01 Å². The maximum Gasteiger partial charge on any atom is 0.180 e. The summed E-state index contributed by atoms with van der Waals surface area (Å²) in [6.07, 6.45) is 8.77. The van der Waals surface area contributed by atoms with Crippen molar-refractivity contribution in [1.29, 1.82) is 0 Å². The predicted molar refractivity (Wildman–Crippen MR) is 122 cm³/mol. The number of hydrogen-bond acceptors (Lipinski definition) is 6. The van der Waals surface area contributed by atoms with Crippen LogP contribution < -0.4 is 16.6 Å². The number of amidine groups is 1. The Morgan fingerprint density at radius 3 is 2.67 bits per heavy atom. The molecule has 1 heterocycles. The summed E-state index contributed by atoms with van der Waals surface area (Å²) in [7, 11) is 2.02. The number of halogens is 1. The molecule has 1 aliphatic heterocycles. The van der Waals surface area contributed by atoms with E-state index in [1.165, 1.54) is 34.5 Å². The van der Waals surface area contributed by atoms with Crippen molar-refractivity contribution in [1.82, 2.24) is 4.90 Å². The molecule has 0 spiro atoms. The fraction of sp³-hybridized carbons (Fsp3) is 0.174. The van der Waals surface area contributed by atoms with E-state index in [2.05, 4.69) is 23.1 Å². The van der Waals surface area contributed by atoms with Gasteiger partial charge in [0.1, 0.15) is 16.7 Å². The molecule has 0 fully saturated rings. The quantitative estimate of drug-likeness (QED) is 0.567. The second-order valence-electron chi connectivity index (χ2n) is 7.18. The van der Waals surface area contributed by atoms with Gasteiger partial charge >= 0.3 is 0 Å². The molecule has 0 atom stereocenters. The third kappa shape index (κ3) is 4.27. The average Bonchev–Trinajstić information content (AvgIpc) is 2.76. The lowest BCUT2D eigenvalue weighted by molar-refractivity contribution is 0.549. The van der Waals surface area contributed by atoms with Crippen LogP contribution in [-0.2, 0) is 0 Å². The van der Waals surface area contributed by atoms with E-state index in [4.69, 9.17) is 16.6 Å². The molecule has 4 N–H and O–H groups in total. The average molecular weight is 422 g/mol. The van der Waals surface area contributed by atoms with Gasteiger partial charge in [0.2, 0.25) is 0 Å². The van der Waals surface area contributed by atoms with E-state index in [9.17, 15) is 4.39 Å². The minimum absolute atomic E-state index is 0.286. The number of anilines is 1. The van der Waals surface area contributed by atoms with Crippen LogP contribution in [0, 0.1) is 5.82 Å². The largest absolute Gasteiger partial charge is 0.390 e. The van der Waals surface area contributed by atoms with Crippen LogP contribution in [0.15, 0.2) is 93.1 Å². The van der Waals surface area contributed by atoms with Gasteiger partial charge in [-0.1, -0.05) is 42.1 Å². The molecule has 0 saturated heterocycles. The predicted octanol–water partition coefficient (Wildman–Crippen LogP) is 4.35. The van der Waals surface area contributed by atoms with E-state index in [0.717, 1.165) is 41.4 Å². The smallest absolute Gasteiger partial charge is 0.180 e. The van der Waals surface area contributed by atoms with E-state index < -0.39 is 0 Å². The molecule has 0 saturated carbocycles. The monoisotopic (exact) mass is 421 g/mol. The molecular formula is C23H24FN5S. The summed E-state index contributed by atoms with van der Waals surface area (Å²) in [5, 5.41) is 1.96. The first-order valence-electron chi connectivity index (χ1n) is 9.76. The van der Waals surface area contributed by atoms with Gasteiger partial charge in [-0.05, 0) is 54.8 Å². The molecule has 0 radical (unpaired) electrons. The minimum Gasteiger partial charge on any atom is -0.390 e. The van der Waals surface area contributed by atoms with Crippen LogP contribution in [0.3, 0.4) is 0 Å². The van der Waals surface area contributed by atoms with Gasteiger partial charge in [-0.2, -0.15) is 0 Å². The van der Waals surface area contributed by atoms with E-state index in [-0.39, 0.29) is 5.82 Å². The van der Waals surface area contributed by atoms with Crippen molar-refractivity contribution in [3.8, 4) is 0 Å². The molecule has 0 bridgehead atoms. The topological polar surface area (TPSA) is 70.9 Å². The minimum atomic E-state index is -0.286. The zero-order valence-corrected chi connectivity index (χ0v) is 17.6. The maximum atomic E-state index is 13.2. The molecule has 154 valence electrons. The first kappa shape index (κ1) is 20.3. The van der Waals surface area contributed by atoms with Gasteiger partial charge < -0.3 is 10.6 Å². The Balaban J connectivity index is 1.70. The summed E-state index contributed by atoms with van der Waals surface area (Å²) in [6, 6.07) is 14.1. The van der Waals surface area contributed by atoms with Gasteiger partial charge in [0.25, 0.3) is 0 Å². The van der Waals surface area contributed by atoms with Crippen LogP contribution in [0.1, 0.15) is 18.4 Å². The first-order valence-corrected chi connectivity index (χ1v) is 10.6. The molecule has 7 heteroatoms. The van der Waals surface area contributed by atoms with Crippen LogP contribution in [0.4, 0.5) is 10.1 Å². The molecule has 0 aromatic heterocycles. The lowest BCUT2D eigenvalue weighted by Crippen LogP contribution is -2.40. The Hall–Kier alpha value is -3.03. The number of nitrogens with two attached hydrogens (primary N) is 2. The standard InChI is InChI=1S/C23H24FN5S/c1-28(15-16-7-3-2-4-8-16)22-19-9-5-6-10-20(19)29(26)23(27-22)21(25)30-18-13-11-17(24)12-14-18/h3,5-14H,2,4,15,25-26H2,1H3/b23-21+. The fourth-order valence-electron chi connectivity index (χ4n) is 3.48. The second kappa shape index (κ2) is 8.77. The van der Waals surface area contributed by atoms with Gasteiger partial charge in [0.15, 0.2) is 5.82 Å². The molecule has 2 aromatic rings. The number of hydrazine groups is 1. The van der Waals surface area contributed by atoms with Crippen molar-refractivity contribution in [2.24, 2.45) is 16.6 Å². The number of aliphatic imine (C=N–C) groups is 1. The zero-order valence-electron chi connectivity index (χ0n) is 16.8. The first-order chi connectivity index (χ1) is 14.5. The number of rotatable bonds is 4. The molecule has 2 aromatic carbocycles. The Bertz CT molecular complexity index is 1060. The Labute approximate surface area is 180 Å². The summed E-state index contributed by atoms with van der Waals surface area (Å²) in [6.45, 7) is 0.743. The molecule has 4 rings (SSSR count). The Kier molecular flexibility index (Phi) is 5.92. The highest BCUT2D eigenvalue weighted by atomic mass is 32.2. The number of benzene rings is 2. The van der Waals surface area contributed by atoms with Gasteiger partial charge in [-0.15, -0.1) is 0 Å². The van der Waals surface area contributed by atoms with Gasteiger partial charge in [-0.25, -0.2) is 15.2 Å². The summed E-state index contributed by atoms with van der Waals surface area (Å²) >= 11 is 1.31. The number of thioether (sulfide) groups is 1. The number of para-hydroxylation sites is 1. The van der Waals surface area contributed by atoms with Crippen molar-refractivity contribution in [2.45, 2.75) is 17.7 Å². The third-order valence-corrected chi connectivity index (χ3v) is 5.87. The van der Waals surface area contributed by atoms with Crippen LogP contribution in [0.25, 0.3) is 0 Å². The molecular weight excluding hydrogens is 397 g/mol. The normalized spacial score (nSPS) is 17.2. The fourth-order valence-corrected chi connectivity index (χ4v) is 4.24.